The molecule has 4 heteroatoms. The fourth-order valence-corrected chi connectivity index (χ4v) is 1.45. The van der Waals surface area contributed by atoms with E-state index in [0.29, 0.717) is 17.5 Å². The molecule has 2 unspecified atom stereocenters. The van der Waals surface area contributed by atoms with E-state index >= 15 is 0 Å². The highest BCUT2D eigenvalue weighted by molar-refractivity contribution is 7.80. The molecular weight excluding hydrogens is 172 g/mol. The minimum atomic E-state index is 0.176. The normalized spacial score (nSPS) is 26.5. The van der Waals surface area contributed by atoms with E-state index in [2.05, 4.69) is 6.92 Å². The van der Waals surface area contributed by atoms with Crippen molar-refractivity contribution >= 4 is 23.1 Å². The van der Waals surface area contributed by atoms with Gasteiger partial charge in [-0.2, -0.15) is 0 Å². The molecule has 0 radical (unpaired) electrons. The molecule has 1 amide bonds. The molecule has 1 rings (SSSR count). The van der Waals surface area contributed by atoms with E-state index < -0.39 is 0 Å². The smallest absolute Gasteiger partial charge is 0.226 e. The van der Waals surface area contributed by atoms with Gasteiger partial charge in [-0.3, -0.25) is 4.79 Å². The van der Waals surface area contributed by atoms with Crippen LogP contribution in [0.2, 0.25) is 0 Å². The highest BCUT2D eigenvalue weighted by Gasteiger charge is 2.40. The Labute approximate surface area is 77.9 Å². The average Bonchev–Trinajstić information content (AvgIpc) is 2.64. The number of rotatable bonds is 3. The summed E-state index contributed by atoms with van der Waals surface area (Å²) in [6.45, 7) is 2.48. The Morgan fingerprint density at radius 1 is 1.75 bits per heavy atom. The second kappa shape index (κ2) is 3.39. The van der Waals surface area contributed by atoms with E-state index in [0.717, 1.165) is 6.42 Å². The molecule has 12 heavy (non-hydrogen) atoms. The first-order valence-electron chi connectivity index (χ1n) is 4.05. The summed E-state index contributed by atoms with van der Waals surface area (Å²) in [5.74, 6) is 0.950. The fraction of sp³-hybridized carbons (Fsp3) is 0.750. The quantitative estimate of drug-likeness (QED) is 0.648. The lowest BCUT2D eigenvalue weighted by Crippen LogP contribution is -2.35. The maximum atomic E-state index is 11.5. The molecule has 0 aromatic heterocycles. The summed E-state index contributed by atoms with van der Waals surface area (Å²) in [5, 5.41) is 0. The van der Waals surface area contributed by atoms with Crippen molar-refractivity contribution in [3.8, 4) is 0 Å². The van der Waals surface area contributed by atoms with Crippen LogP contribution in [0.4, 0.5) is 0 Å². The van der Waals surface area contributed by atoms with Crippen LogP contribution in [0.25, 0.3) is 0 Å². The Bertz CT molecular complexity index is 217. The van der Waals surface area contributed by atoms with Gasteiger partial charge in [0.2, 0.25) is 5.91 Å². The molecular formula is C8H14N2OS. The van der Waals surface area contributed by atoms with E-state index in [1.807, 2.05) is 0 Å². The van der Waals surface area contributed by atoms with Crippen LogP contribution in [0, 0.1) is 11.8 Å². The molecule has 0 spiro atoms. The van der Waals surface area contributed by atoms with Gasteiger partial charge >= 0.3 is 0 Å². The summed E-state index contributed by atoms with van der Waals surface area (Å²) in [6.07, 6.45) is 1.01. The van der Waals surface area contributed by atoms with Crippen LogP contribution in [0.5, 0.6) is 0 Å². The second-order valence-corrected chi connectivity index (χ2v) is 4.00. The second-order valence-electron chi connectivity index (χ2n) is 3.48. The number of likely N-dealkylation sites (N-methyl/N-ethyl adjacent to an activating group) is 1. The van der Waals surface area contributed by atoms with Gasteiger partial charge in [-0.25, -0.2) is 0 Å². The first-order chi connectivity index (χ1) is 5.52. The lowest BCUT2D eigenvalue weighted by Gasteiger charge is -2.15. The third kappa shape index (κ3) is 2.17. The summed E-state index contributed by atoms with van der Waals surface area (Å²) >= 11 is 4.71. The predicted octanol–water partition coefficient (Wildman–Crippen LogP) is 0.387. The number of carbonyl (C=O) groups is 1. The van der Waals surface area contributed by atoms with E-state index in [-0.39, 0.29) is 11.8 Å². The number of nitrogens with zero attached hydrogens (tertiary/aromatic N) is 1. The molecule has 0 aromatic rings. The number of carbonyl (C=O) groups excluding carboxylic acids is 1. The standard InChI is InChI=1S/C8H14N2OS/c1-5-3-6(5)8(11)10(2)4-7(9)12/h5-6H,3-4H2,1-2H3,(H2,9,12). The van der Waals surface area contributed by atoms with Crippen LogP contribution in [0.3, 0.4) is 0 Å². The summed E-state index contributed by atoms with van der Waals surface area (Å²) < 4.78 is 0. The summed E-state index contributed by atoms with van der Waals surface area (Å²) in [7, 11) is 1.74. The Hall–Kier alpha value is -0.640. The molecule has 1 aliphatic carbocycles. The lowest BCUT2D eigenvalue weighted by atomic mass is 10.3. The Morgan fingerprint density at radius 2 is 2.25 bits per heavy atom. The molecule has 0 saturated heterocycles. The Morgan fingerprint density at radius 3 is 2.58 bits per heavy atom. The molecule has 2 N–H and O–H groups in total. The first kappa shape index (κ1) is 9.45. The predicted molar refractivity (Wildman–Crippen MR) is 51.7 cm³/mol. The molecule has 1 saturated carbocycles. The largest absolute Gasteiger partial charge is 0.392 e. The molecule has 2 atom stereocenters. The van der Waals surface area contributed by atoms with Crippen molar-refractivity contribution in [3.63, 3.8) is 0 Å². The van der Waals surface area contributed by atoms with Gasteiger partial charge in [0.15, 0.2) is 0 Å². The molecule has 1 fully saturated rings. The minimum Gasteiger partial charge on any atom is -0.392 e. The Kier molecular flexibility index (Phi) is 2.67. The van der Waals surface area contributed by atoms with E-state index in [4.69, 9.17) is 18.0 Å². The van der Waals surface area contributed by atoms with Gasteiger partial charge in [0, 0.05) is 13.0 Å². The van der Waals surface area contributed by atoms with Gasteiger partial charge in [0.1, 0.15) is 0 Å². The van der Waals surface area contributed by atoms with Gasteiger partial charge in [-0.05, 0) is 12.3 Å². The molecule has 68 valence electrons. The SMILES string of the molecule is CC1CC1C(=O)N(C)CC(N)=S. The van der Waals surface area contributed by atoms with Crippen LogP contribution in [0.15, 0.2) is 0 Å². The van der Waals surface area contributed by atoms with Crippen LogP contribution in [0.1, 0.15) is 13.3 Å². The molecule has 1 aliphatic rings. The van der Waals surface area contributed by atoms with E-state index in [1.54, 1.807) is 11.9 Å². The maximum absolute atomic E-state index is 11.5. The van der Waals surface area contributed by atoms with Gasteiger partial charge in [0.05, 0.1) is 11.5 Å². The molecule has 0 aromatic carbocycles. The zero-order valence-corrected chi connectivity index (χ0v) is 8.23. The highest BCUT2D eigenvalue weighted by atomic mass is 32.1. The molecule has 0 heterocycles. The highest BCUT2D eigenvalue weighted by Crippen LogP contribution is 2.38. The van der Waals surface area contributed by atoms with E-state index in [9.17, 15) is 4.79 Å². The van der Waals surface area contributed by atoms with Crippen molar-refractivity contribution in [2.24, 2.45) is 17.6 Å². The van der Waals surface area contributed by atoms with Gasteiger partial charge in [-0.15, -0.1) is 0 Å². The van der Waals surface area contributed by atoms with Crippen LogP contribution in [-0.2, 0) is 4.79 Å². The van der Waals surface area contributed by atoms with E-state index in [1.165, 1.54) is 0 Å². The zero-order valence-electron chi connectivity index (χ0n) is 7.41. The topological polar surface area (TPSA) is 46.3 Å². The maximum Gasteiger partial charge on any atom is 0.226 e. The van der Waals surface area contributed by atoms with Crippen molar-refractivity contribution in [3.05, 3.63) is 0 Å². The zero-order chi connectivity index (χ0) is 9.30. The first-order valence-corrected chi connectivity index (χ1v) is 4.46. The van der Waals surface area contributed by atoms with Crippen molar-refractivity contribution in [1.29, 1.82) is 0 Å². The minimum absolute atomic E-state index is 0.176. The molecule has 0 aliphatic heterocycles. The van der Waals surface area contributed by atoms with Gasteiger partial charge < -0.3 is 10.6 Å². The number of hydrogen-bond acceptors (Lipinski definition) is 2. The molecule has 0 bridgehead atoms. The third-order valence-corrected chi connectivity index (χ3v) is 2.33. The van der Waals surface area contributed by atoms with Crippen molar-refractivity contribution < 1.29 is 4.79 Å². The summed E-state index contributed by atoms with van der Waals surface area (Å²) in [5.41, 5.74) is 5.32. The monoisotopic (exact) mass is 186 g/mol. The number of hydrogen-bond donors (Lipinski definition) is 1. The summed E-state index contributed by atoms with van der Waals surface area (Å²) in [4.78, 5) is 13.4. The Balaban J connectivity index is 2.37. The van der Waals surface area contributed by atoms with Crippen molar-refractivity contribution in [2.45, 2.75) is 13.3 Å². The number of nitrogens with two attached hydrogens (primary N) is 1. The lowest BCUT2D eigenvalue weighted by molar-refractivity contribution is -0.130. The van der Waals surface area contributed by atoms with Crippen LogP contribution in [-0.4, -0.2) is 29.4 Å². The third-order valence-electron chi connectivity index (χ3n) is 2.20. The fourth-order valence-electron chi connectivity index (χ4n) is 1.26. The van der Waals surface area contributed by atoms with Gasteiger partial charge in [-0.1, -0.05) is 19.1 Å². The number of amides is 1. The number of thiocarbonyl (C=S) groups is 1. The average molecular weight is 186 g/mol. The van der Waals surface area contributed by atoms with Gasteiger partial charge in [0.25, 0.3) is 0 Å². The van der Waals surface area contributed by atoms with Crippen molar-refractivity contribution in [1.82, 2.24) is 4.90 Å². The summed E-state index contributed by atoms with van der Waals surface area (Å²) in [6, 6.07) is 0. The molecule has 3 nitrogen and oxygen atoms in total. The van der Waals surface area contributed by atoms with Crippen molar-refractivity contribution in [2.75, 3.05) is 13.6 Å². The van der Waals surface area contributed by atoms with Crippen LogP contribution < -0.4 is 5.73 Å². The van der Waals surface area contributed by atoms with Crippen LogP contribution >= 0.6 is 12.2 Å².